The van der Waals surface area contributed by atoms with E-state index in [1.807, 2.05) is 0 Å². The zero-order valence-electron chi connectivity index (χ0n) is 8.79. The topological polar surface area (TPSA) is 22.1 Å². The van der Waals surface area contributed by atoms with Crippen LogP contribution in [0.5, 0.6) is 5.88 Å². The van der Waals surface area contributed by atoms with Crippen LogP contribution in [0.15, 0.2) is 6.07 Å². The van der Waals surface area contributed by atoms with Crippen molar-refractivity contribution < 1.29 is 35.5 Å². The molecule has 18 heavy (non-hydrogen) atoms. The summed E-state index contributed by atoms with van der Waals surface area (Å²) in [5, 5.41) is 0. The molecular formula is C9H6F7NO. The van der Waals surface area contributed by atoms with Gasteiger partial charge < -0.3 is 4.74 Å². The summed E-state index contributed by atoms with van der Waals surface area (Å²) in [6.07, 6.45) is -10.5. The van der Waals surface area contributed by atoms with Crippen molar-refractivity contribution in [2.24, 2.45) is 0 Å². The Hall–Kier alpha value is -1.54. The molecule has 1 heterocycles. The Morgan fingerprint density at radius 3 is 2.11 bits per heavy atom. The Kier molecular flexibility index (Phi) is 3.72. The Morgan fingerprint density at radius 2 is 1.72 bits per heavy atom. The number of pyridine rings is 1. The lowest BCUT2D eigenvalue weighted by molar-refractivity contribution is -0.278. The summed E-state index contributed by atoms with van der Waals surface area (Å²) in [5.41, 5.74) is -3.02. The molecule has 9 heteroatoms. The third kappa shape index (κ3) is 3.47. The standard InChI is InChI=1S/C9H6F7NO/c1-4-2-5(3-10)6(8(11,12)13)7(17-4)18-9(14,15)16/h2H,3H2,1H3. The molecule has 1 aromatic rings. The summed E-state index contributed by atoms with van der Waals surface area (Å²) in [6.45, 7) is -0.449. The number of ether oxygens (including phenoxy) is 1. The van der Waals surface area contributed by atoms with Crippen LogP contribution in [0.4, 0.5) is 30.7 Å². The molecule has 1 aromatic heterocycles. The molecular weight excluding hydrogens is 271 g/mol. The molecule has 2 nitrogen and oxygen atoms in total. The molecule has 0 atom stereocenters. The van der Waals surface area contributed by atoms with E-state index in [0.717, 1.165) is 6.92 Å². The number of aromatic nitrogens is 1. The average molecular weight is 277 g/mol. The van der Waals surface area contributed by atoms with E-state index in [-0.39, 0.29) is 5.69 Å². The maximum atomic E-state index is 12.5. The number of halogens is 7. The SMILES string of the molecule is Cc1cc(CF)c(C(F)(F)F)c(OC(F)(F)F)n1. The first kappa shape index (κ1) is 14.5. The fourth-order valence-corrected chi connectivity index (χ4v) is 1.30. The number of hydrogen-bond acceptors (Lipinski definition) is 2. The van der Waals surface area contributed by atoms with E-state index in [9.17, 15) is 30.7 Å². The second-order valence-electron chi connectivity index (χ2n) is 3.28. The van der Waals surface area contributed by atoms with E-state index >= 15 is 0 Å². The minimum atomic E-state index is -5.34. The van der Waals surface area contributed by atoms with Crippen molar-refractivity contribution in [2.75, 3.05) is 0 Å². The van der Waals surface area contributed by atoms with E-state index in [1.54, 1.807) is 0 Å². The van der Waals surface area contributed by atoms with Gasteiger partial charge in [0.05, 0.1) is 0 Å². The highest BCUT2D eigenvalue weighted by molar-refractivity contribution is 5.38. The lowest BCUT2D eigenvalue weighted by atomic mass is 10.1. The molecule has 0 unspecified atom stereocenters. The van der Waals surface area contributed by atoms with Crippen molar-refractivity contribution in [1.29, 1.82) is 0 Å². The smallest absolute Gasteiger partial charge is 0.387 e. The zero-order chi connectivity index (χ0) is 14.1. The molecule has 0 saturated carbocycles. The molecule has 0 N–H and O–H groups in total. The molecule has 0 bridgehead atoms. The molecule has 0 saturated heterocycles. The molecule has 0 aliphatic rings. The minimum Gasteiger partial charge on any atom is -0.387 e. The van der Waals surface area contributed by atoms with Gasteiger partial charge in [-0.1, -0.05) is 0 Å². The van der Waals surface area contributed by atoms with Crippen molar-refractivity contribution in [2.45, 2.75) is 26.1 Å². The van der Waals surface area contributed by atoms with Gasteiger partial charge in [-0.2, -0.15) is 13.2 Å². The van der Waals surface area contributed by atoms with E-state index in [1.165, 1.54) is 0 Å². The summed E-state index contributed by atoms with van der Waals surface area (Å²) in [4.78, 5) is 3.00. The Balaban J connectivity index is 3.43. The van der Waals surface area contributed by atoms with Crippen LogP contribution in [0, 0.1) is 6.92 Å². The largest absolute Gasteiger partial charge is 0.574 e. The van der Waals surface area contributed by atoms with E-state index in [0.29, 0.717) is 6.07 Å². The maximum Gasteiger partial charge on any atom is 0.574 e. The minimum absolute atomic E-state index is 0.213. The molecule has 0 radical (unpaired) electrons. The molecule has 0 fully saturated rings. The van der Waals surface area contributed by atoms with Gasteiger partial charge in [-0.25, -0.2) is 9.37 Å². The fourth-order valence-electron chi connectivity index (χ4n) is 1.30. The van der Waals surface area contributed by atoms with Crippen molar-refractivity contribution >= 4 is 0 Å². The number of hydrogen-bond donors (Lipinski definition) is 0. The summed E-state index contributed by atoms with van der Waals surface area (Å²) in [5.74, 6) is -1.69. The first-order valence-electron chi connectivity index (χ1n) is 4.44. The molecule has 102 valence electrons. The third-order valence-electron chi connectivity index (χ3n) is 1.84. The van der Waals surface area contributed by atoms with Crippen LogP contribution in [-0.2, 0) is 12.9 Å². The van der Waals surface area contributed by atoms with Crippen molar-refractivity contribution in [3.8, 4) is 5.88 Å². The van der Waals surface area contributed by atoms with Gasteiger partial charge in [0, 0.05) is 11.3 Å². The predicted molar refractivity (Wildman–Crippen MR) is 45.5 cm³/mol. The summed E-state index contributed by atoms with van der Waals surface area (Å²) in [6, 6.07) is 0.714. The molecule has 0 amide bonds. The quantitative estimate of drug-likeness (QED) is 0.767. The van der Waals surface area contributed by atoms with Crippen LogP contribution in [0.2, 0.25) is 0 Å². The maximum absolute atomic E-state index is 12.5. The van der Waals surface area contributed by atoms with Crippen LogP contribution in [0.3, 0.4) is 0 Å². The number of aryl methyl sites for hydroxylation is 1. The van der Waals surface area contributed by atoms with Crippen molar-refractivity contribution in [3.63, 3.8) is 0 Å². The van der Waals surface area contributed by atoms with Gasteiger partial charge in [0.25, 0.3) is 0 Å². The number of alkyl halides is 7. The van der Waals surface area contributed by atoms with E-state index in [4.69, 9.17) is 0 Å². The fraction of sp³-hybridized carbons (Fsp3) is 0.444. The van der Waals surface area contributed by atoms with Gasteiger partial charge in [0.15, 0.2) is 0 Å². The summed E-state index contributed by atoms with van der Waals surface area (Å²) < 4.78 is 89.1. The molecule has 1 rings (SSSR count). The van der Waals surface area contributed by atoms with Gasteiger partial charge >= 0.3 is 12.5 Å². The van der Waals surface area contributed by atoms with Gasteiger partial charge in [0.2, 0.25) is 5.88 Å². The molecule has 0 aliphatic heterocycles. The van der Waals surface area contributed by atoms with Gasteiger partial charge in [-0.15, -0.1) is 13.2 Å². The monoisotopic (exact) mass is 277 g/mol. The number of nitrogens with zero attached hydrogens (tertiary/aromatic N) is 1. The van der Waals surface area contributed by atoms with E-state index in [2.05, 4.69) is 9.72 Å². The Bertz CT molecular complexity index is 438. The van der Waals surface area contributed by atoms with Crippen molar-refractivity contribution in [1.82, 2.24) is 4.98 Å². The van der Waals surface area contributed by atoms with Gasteiger partial charge in [-0.05, 0) is 13.0 Å². The second kappa shape index (κ2) is 4.62. The van der Waals surface area contributed by atoms with Gasteiger partial charge in [0.1, 0.15) is 12.2 Å². The highest BCUT2D eigenvalue weighted by atomic mass is 19.4. The normalized spacial score (nSPS) is 12.7. The predicted octanol–water partition coefficient (Wildman–Crippen LogP) is 3.78. The lowest BCUT2D eigenvalue weighted by Gasteiger charge is -2.17. The zero-order valence-corrected chi connectivity index (χ0v) is 8.79. The highest BCUT2D eigenvalue weighted by Gasteiger charge is 2.42. The highest BCUT2D eigenvalue weighted by Crippen LogP contribution is 2.40. The van der Waals surface area contributed by atoms with Crippen molar-refractivity contribution in [3.05, 3.63) is 22.9 Å². The first-order valence-corrected chi connectivity index (χ1v) is 4.44. The molecule has 0 aliphatic carbocycles. The number of rotatable bonds is 2. The lowest BCUT2D eigenvalue weighted by Crippen LogP contribution is -2.22. The summed E-state index contributed by atoms with van der Waals surface area (Å²) in [7, 11) is 0. The van der Waals surface area contributed by atoms with Crippen LogP contribution < -0.4 is 4.74 Å². The Morgan fingerprint density at radius 1 is 1.17 bits per heavy atom. The summed E-state index contributed by atoms with van der Waals surface area (Å²) >= 11 is 0. The molecule has 0 aromatic carbocycles. The third-order valence-corrected chi connectivity index (χ3v) is 1.84. The van der Waals surface area contributed by atoms with Crippen LogP contribution >= 0.6 is 0 Å². The van der Waals surface area contributed by atoms with Crippen LogP contribution in [-0.4, -0.2) is 11.3 Å². The van der Waals surface area contributed by atoms with Crippen LogP contribution in [0.1, 0.15) is 16.8 Å². The van der Waals surface area contributed by atoms with Crippen LogP contribution in [0.25, 0.3) is 0 Å². The van der Waals surface area contributed by atoms with Gasteiger partial charge in [-0.3, -0.25) is 0 Å². The van der Waals surface area contributed by atoms with E-state index < -0.39 is 36.2 Å². The average Bonchev–Trinajstić information content (AvgIpc) is 2.11. The first-order chi connectivity index (χ1) is 8.04. The second-order valence-corrected chi connectivity index (χ2v) is 3.28. The Labute approximate surface area is 96.4 Å². The molecule has 0 spiro atoms.